The highest BCUT2D eigenvalue weighted by Crippen LogP contribution is 2.38. The van der Waals surface area contributed by atoms with E-state index in [1.807, 2.05) is 30.3 Å². The van der Waals surface area contributed by atoms with Crippen LogP contribution in [0, 0.1) is 0 Å². The van der Waals surface area contributed by atoms with E-state index in [1.165, 1.54) is 21.3 Å². The number of carbonyl (C=O) groups excluding carboxylic acids is 1. The number of nitrogens with one attached hydrogen (secondary N) is 2. The minimum absolute atomic E-state index is 0.327. The van der Waals surface area contributed by atoms with Crippen molar-refractivity contribution in [3.63, 3.8) is 0 Å². The van der Waals surface area contributed by atoms with Gasteiger partial charge in [-0.1, -0.05) is 30.3 Å². The second-order valence-electron chi connectivity index (χ2n) is 5.99. The SMILES string of the molecule is COc1cc(C(=O)N/N=C(/Cc2ncc[nH]2)c2ccccc2)cc(OC)c1OC. The van der Waals surface area contributed by atoms with E-state index in [0.717, 1.165) is 11.4 Å². The number of imidazole rings is 1. The zero-order valence-electron chi connectivity index (χ0n) is 16.4. The van der Waals surface area contributed by atoms with Gasteiger partial charge in [0.05, 0.1) is 33.5 Å². The van der Waals surface area contributed by atoms with Crippen molar-refractivity contribution in [3.8, 4) is 17.2 Å². The van der Waals surface area contributed by atoms with E-state index in [4.69, 9.17) is 14.2 Å². The van der Waals surface area contributed by atoms with Crippen molar-refractivity contribution in [2.75, 3.05) is 21.3 Å². The van der Waals surface area contributed by atoms with Gasteiger partial charge >= 0.3 is 0 Å². The van der Waals surface area contributed by atoms with Crippen molar-refractivity contribution in [1.29, 1.82) is 0 Å². The van der Waals surface area contributed by atoms with E-state index < -0.39 is 5.91 Å². The molecule has 1 heterocycles. The van der Waals surface area contributed by atoms with Gasteiger partial charge in [0, 0.05) is 18.0 Å². The molecule has 3 aromatic rings. The molecule has 0 aliphatic rings. The number of hydrazone groups is 1. The van der Waals surface area contributed by atoms with Crippen LogP contribution in [0.5, 0.6) is 17.2 Å². The number of nitrogens with zero attached hydrogens (tertiary/aromatic N) is 2. The Bertz CT molecular complexity index is 960. The Morgan fingerprint density at radius 2 is 1.72 bits per heavy atom. The van der Waals surface area contributed by atoms with Crippen LogP contribution in [0.15, 0.2) is 60.0 Å². The molecular weight excluding hydrogens is 372 g/mol. The summed E-state index contributed by atoms with van der Waals surface area (Å²) in [4.78, 5) is 20.0. The molecule has 0 saturated carbocycles. The maximum absolute atomic E-state index is 12.7. The average molecular weight is 394 g/mol. The molecule has 0 unspecified atom stereocenters. The summed E-state index contributed by atoms with van der Waals surface area (Å²) in [6.07, 6.45) is 3.85. The van der Waals surface area contributed by atoms with E-state index in [9.17, 15) is 4.79 Å². The van der Waals surface area contributed by atoms with Gasteiger partial charge in [-0.05, 0) is 17.7 Å². The number of benzene rings is 2. The summed E-state index contributed by atoms with van der Waals surface area (Å²) in [5.74, 6) is 1.53. The predicted octanol–water partition coefficient (Wildman–Crippen LogP) is 2.81. The standard InChI is InChI=1S/C21H22N4O4/c1-27-17-11-15(12-18(28-2)20(17)29-3)21(26)25-24-16(13-19-22-9-10-23-19)14-7-5-4-6-8-14/h4-12H,13H2,1-3H3,(H,22,23)(H,25,26)/b24-16-. The van der Waals surface area contributed by atoms with Gasteiger partial charge in [0.1, 0.15) is 5.82 Å². The van der Waals surface area contributed by atoms with Crippen LogP contribution < -0.4 is 19.6 Å². The number of ether oxygens (including phenoxy) is 3. The summed E-state index contributed by atoms with van der Waals surface area (Å²) in [5.41, 5.74) is 4.48. The number of amides is 1. The lowest BCUT2D eigenvalue weighted by Gasteiger charge is -2.13. The van der Waals surface area contributed by atoms with Crippen molar-refractivity contribution in [2.45, 2.75) is 6.42 Å². The van der Waals surface area contributed by atoms with Gasteiger partial charge in [-0.15, -0.1) is 0 Å². The first-order valence-electron chi connectivity index (χ1n) is 8.86. The summed E-state index contributed by atoms with van der Waals surface area (Å²) in [7, 11) is 4.49. The summed E-state index contributed by atoms with van der Waals surface area (Å²) in [6.45, 7) is 0. The average Bonchev–Trinajstić information content (AvgIpc) is 3.29. The molecule has 0 bridgehead atoms. The lowest BCUT2D eigenvalue weighted by Crippen LogP contribution is -2.21. The van der Waals surface area contributed by atoms with Gasteiger partial charge in [0.15, 0.2) is 11.5 Å². The number of aromatic nitrogens is 2. The molecule has 0 atom stereocenters. The van der Waals surface area contributed by atoms with E-state index in [-0.39, 0.29) is 0 Å². The first kappa shape index (κ1) is 19.9. The second-order valence-corrected chi connectivity index (χ2v) is 5.99. The van der Waals surface area contributed by atoms with Crippen molar-refractivity contribution in [1.82, 2.24) is 15.4 Å². The Labute approximate surface area is 168 Å². The quantitative estimate of drug-likeness (QED) is 0.452. The van der Waals surface area contributed by atoms with E-state index >= 15 is 0 Å². The number of carbonyl (C=O) groups is 1. The van der Waals surface area contributed by atoms with Crippen LogP contribution in [-0.4, -0.2) is 42.9 Å². The van der Waals surface area contributed by atoms with Gasteiger partial charge in [-0.2, -0.15) is 5.10 Å². The molecule has 2 aromatic carbocycles. The fourth-order valence-corrected chi connectivity index (χ4v) is 2.78. The molecule has 29 heavy (non-hydrogen) atoms. The molecule has 2 N–H and O–H groups in total. The molecule has 8 heteroatoms. The topological polar surface area (TPSA) is 97.8 Å². The monoisotopic (exact) mass is 394 g/mol. The molecule has 1 aromatic heterocycles. The van der Waals surface area contributed by atoms with Gasteiger partial charge < -0.3 is 19.2 Å². The maximum atomic E-state index is 12.7. The fraction of sp³-hybridized carbons (Fsp3) is 0.190. The Kier molecular flexibility index (Phi) is 6.47. The minimum Gasteiger partial charge on any atom is -0.493 e. The Hall–Kier alpha value is -3.81. The van der Waals surface area contributed by atoms with E-state index in [0.29, 0.717) is 34.9 Å². The Balaban J connectivity index is 1.88. The first-order chi connectivity index (χ1) is 14.2. The fourth-order valence-electron chi connectivity index (χ4n) is 2.78. The third kappa shape index (κ3) is 4.73. The first-order valence-corrected chi connectivity index (χ1v) is 8.86. The maximum Gasteiger partial charge on any atom is 0.271 e. The zero-order valence-corrected chi connectivity index (χ0v) is 16.4. The number of aromatic amines is 1. The summed E-state index contributed by atoms with van der Waals surface area (Å²) >= 11 is 0. The number of hydrogen-bond acceptors (Lipinski definition) is 6. The van der Waals surface area contributed by atoms with Crippen LogP contribution >= 0.6 is 0 Å². The number of rotatable bonds is 8. The van der Waals surface area contributed by atoms with Crippen LogP contribution in [0.25, 0.3) is 0 Å². The summed E-state index contributed by atoms with van der Waals surface area (Å²) in [6, 6.07) is 12.7. The lowest BCUT2D eigenvalue weighted by molar-refractivity contribution is 0.0954. The van der Waals surface area contributed by atoms with Crippen LogP contribution in [0.1, 0.15) is 21.7 Å². The summed E-state index contributed by atoms with van der Waals surface area (Å²) in [5, 5.41) is 4.34. The highest BCUT2D eigenvalue weighted by molar-refractivity contribution is 6.03. The molecule has 8 nitrogen and oxygen atoms in total. The molecule has 0 spiro atoms. The molecule has 0 fully saturated rings. The number of H-pyrrole nitrogens is 1. The van der Waals surface area contributed by atoms with Gasteiger partial charge in [0.25, 0.3) is 5.91 Å². The van der Waals surface area contributed by atoms with Crippen LogP contribution in [-0.2, 0) is 6.42 Å². The third-order valence-electron chi connectivity index (χ3n) is 4.22. The molecular formula is C21H22N4O4. The van der Waals surface area contributed by atoms with Gasteiger partial charge in [0.2, 0.25) is 5.75 Å². The smallest absolute Gasteiger partial charge is 0.271 e. The molecule has 0 aliphatic carbocycles. The molecule has 0 aliphatic heterocycles. The third-order valence-corrected chi connectivity index (χ3v) is 4.22. The number of methoxy groups -OCH3 is 3. The zero-order chi connectivity index (χ0) is 20.6. The van der Waals surface area contributed by atoms with Crippen molar-refractivity contribution in [3.05, 3.63) is 71.8 Å². The van der Waals surface area contributed by atoms with E-state index in [1.54, 1.807) is 24.5 Å². The van der Waals surface area contributed by atoms with Crippen molar-refractivity contribution >= 4 is 11.6 Å². The lowest BCUT2D eigenvalue weighted by atomic mass is 10.1. The summed E-state index contributed by atoms with van der Waals surface area (Å²) < 4.78 is 15.9. The van der Waals surface area contributed by atoms with Crippen LogP contribution in [0.2, 0.25) is 0 Å². The number of hydrogen-bond donors (Lipinski definition) is 2. The van der Waals surface area contributed by atoms with Gasteiger partial charge in [-0.3, -0.25) is 4.79 Å². The molecule has 3 rings (SSSR count). The largest absolute Gasteiger partial charge is 0.493 e. The molecule has 0 saturated heterocycles. The minimum atomic E-state index is -0.405. The van der Waals surface area contributed by atoms with E-state index in [2.05, 4.69) is 20.5 Å². The van der Waals surface area contributed by atoms with Crippen molar-refractivity contribution < 1.29 is 19.0 Å². The highest BCUT2D eigenvalue weighted by atomic mass is 16.5. The van der Waals surface area contributed by atoms with Crippen LogP contribution in [0.4, 0.5) is 0 Å². The highest BCUT2D eigenvalue weighted by Gasteiger charge is 2.17. The Morgan fingerprint density at radius 3 is 2.28 bits per heavy atom. The normalized spacial score (nSPS) is 11.1. The van der Waals surface area contributed by atoms with Gasteiger partial charge in [-0.25, -0.2) is 10.4 Å². The van der Waals surface area contributed by atoms with Crippen LogP contribution in [0.3, 0.4) is 0 Å². The molecule has 1 amide bonds. The second kappa shape index (κ2) is 9.41. The Morgan fingerprint density at radius 1 is 1.03 bits per heavy atom. The van der Waals surface area contributed by atoms with Crippen molar-refractivity contribution in [2.24, 2.45) is 5.10 Å². The predicted molar refractivity (Wildman–Crippen MR) is 109 cm³/mol. The molecule has 150 valence electrons. The molecule has 0 radical (unpaired) electrons.